The number of ether oxygens (including phenoxy) is 1. The van der Waals surface area contributed by atoms with Crippen molar-refractivity contribution in [3.8, 4) is 0 Å². The summed E-state index contributed by atoms with van der Waals surface area (Å²) in [5.41, 5.74) is 0.984. The van der Waals surface area contributed by atoms with Crippen molar-refractivity contribution in [3.63, 3.8) is 0 Å². The number of esters is 1. The molecule has 0 saturated heterocycles. The lowest BCUT2D eigenvalue weighted by molar-refractivity contribution is 0.0594. The molecule has 1 heterocycles. The first-order chi connectivity index (χ1) is 11.6. The van der Waals surface area contributed by atoms with Gasteiger partial charge in [0.25, 0.3) is 0 Å². The first kappa shape index (κ1) is 16.3. The van der Waals surface area contributed by atoms with Gasteiger partial charge in [0.1, 0.15) is 11.4 Å². The van der Waals surface area contributed by atoms with Crippen molar-refractivity contribution in [2.24, 2.45) is 0 Å². The van der Waals surface area contributed by atoms with E-state index < -0.39 is 5.97 Å². The molecule has 0 aliphatic carbocycles. The summed E-state index contributed by atoms with van der Waals surface area (Å²) in [6, 6.07) is 13.2. The molecular weight excluding hydrogens is 329 g/mol. The highest BCUT2D eigenvalue weighted by atomic mass is 32.2. The van der Waals surface area contributed by atoms with E-state index >= 15 is 0 Å². The van der Waals surface area contributed by atoms with Gasteiger partial charge in [-0.3, -0.25) is 4.79 Å². The number of pyridine rings is 1. The largest absolute Gasteiger partial charge is 0.465 e. The molecule has 3 aromatic rings. The van der Waals surface area contributed by atoms with Gasteiger partial charge in [0.15, 0.2) is 0 Å². The second kappa shape index (κ2) is 6.88. The predicted molar refractivity (Wildman–Crippen MR) is 91.9 cm³/mol. The summed E-state index contributed by atoms with van der Waals surface area (Å²) in [6.07, 6.45) is 0. The number of hydrogen-bond acceptors (Lipinski definition) is 4. The van der Waals surface area contributed by atoms with Gasteiger partial charge in [-0.15, -0.1) is 11.8 Å². The quantitative estimate of drug-likeness (QED) is 0.579. The predicted octanol–water partition coefficient (Wildman–Crippen LogP) is 3.75. The molecule has 2 aromatic carbocycles. The molecule has 0 unspecified atom stereocenters. The SMILES string of the molecule is COC(=O)c1c(SCc2cccc(F)c2)[nH]c2ccccc2c1=O. The molecule has 0 fully saturated rings. The Kier molecular flexibility index (Phi) is 4.66. The Morgan fingerprint density at radius 2 is 2.00 bits per heavy atom. The number of carbonyl (C=O) groups is 1. The van der Waals surface area contributed by atoms with Crippen LogP contribution in [0.3, 0.4) is 0 Å². The Labute approximate surface area is 141 Å². The molecule has 24 heavy (non-hydrogen) atoms. The third kappa shape index (κ3) is 3.19. The summed E-state index contributed by atoms with van der Waals surface area (Å²) in [4.78, 5) is 27.8. The molecular formula is C18H14FNO3S. The lowest BCUT2D eigenvalue weighted by Crippen LogP contribution is -2.19. The van der Waals surface area contributed by atoms with E-state index in [0.717, 1.165) is 5.56 Å². The highest BCUT2D eigenvalue weighted by molar-refractivity contribution is 7.98. The van der Waals surface area contributed by atoms with E-state index in [1.807, 2.05) is 0 Å². The van der Waals surface area contributed by atoms with Crippen molar-refractivity contribution in [2.75, 3.05) is 7.11 Å². The van der Waals surface area contributed by atoms with Gasteiger partial charge >= 0.3 is 5.97 Å². The van der Waals surface area contributed by atoms with Crippen molar-refractivity contribution in [2.45, 2.75) is 10.8 Å². The highest BCUT2D eigenvalue weighted by Gasteiger charge is 2.20. The van der Waals surface area contributed by atoms with Crippen molar-refractivity contribution in [1.82, 2.24) is 4.98 Å². The smallest absolute Gasteiger partial charge is 0.344 e. The van der Waals surface area contributed by atoms with Crippen LogP contribution in [0.1, 0.15) is 15.9 Å². The van der Waals surface area contributed by atoms with Crippen LogP contribution in [0.2, 0.25) is 0 Å². The van der Waals surface area contributed by atoms with Crippen LogP contribution < -0.4 is 5.43 Å². The Balaban J connectivity index is 2.05. The summed E-state index contributed by atoms with van der Waals surface area (Å²) < 4.78 is 18.0. The minimum atomic E-state index is -0.691. The number of para-hydroxylation sites is 1. The average Bonchev–Trinajstić information content (AvgIpc) is 2.59. The van der Waals surface area contributed by atoms with E-state index in [2.05, 4.69) is 4.98 Å². The number of methoxy groups -OCH3 is 1. The number of fused-ring (bicyclic) bond motifs is 1. The van der Waals surface area contributed by atoms with E-state index in [0.29, 0.717) is 21.7 Å². The third-order valence-electron chi connectivity index (χ3n) is 3.54. The van der Waals surface area contributed by atoms with Crippen LogP contribution in [0.25, 0.3) is 10.9 Å². The van der Waals surface area contributed by atoms with Crippen LogP contribution in [-0.2, 0) is 10.5 Å². The molecule has 1 aromatic heterocycles. The number of aromatic amines is 1. The van der Waals surface area contributed by atoms with Gasteiger partial charge in [-0.25, -0.2) is 9.18 Å². The van der Waals surface area contributed by atoms with Crippen molar-refractivity contribution >= 4 is 28.6 Å². The minimum absolute atomic E-state index is 0.0300. The molecule has 0 aliphatic heterocycles. The van der Waals surface area contributed by atoms with Gasteiger partial charge in [-0.2, -0.15) is 0 Å². The highest BCUT2D eigenvalue weighted by Crippen LogP contribution is 2.25. The number of hydrogen-bond donors (Lipinski definition) is 1. The Morgan fingerprint density at radius 3 is 2.75 bits per heavy atom. The fraction of sp³-hybridized carbons (Fsp3) is 0.111. The van der Waals surface area contributed by atoms with Gasteiger partial charge < -0.3 is 9.72 Å². The van der Waals surface area contributed by atoms with Gasteiger partial charge in [0.2, 0.25) is 5.43 Å². The van der Waals surface area contributed by atoms with E-state index in [1.54, 1.807) is 36.4 Å². The van der Waals surface area contributed by atoms with Crippen molar-refractivity contribution < 1.29 is 13.9 Å². The molecule has 1 N–H and O–H groups in total. The molecule has 122 valence electrons. The summed E-state index contributed by atoms with van der Waals surface area (Å²) >= 11 is 1.26. The van der Waals surface area contributed by atoms with E-state index in [1.165, 1.54) is 31.0 Å². The van der Waals surface area contributed by atoms with Crippen molar-refractivity contribution in [3.05, 3.63) is 75.7 Å². The zero-order valence-electron chi connectivity index (χ0n) is 12.8. The molecule has 0 radical (unpaired) electrons. The Bertz CT molecular complexity index is 968. The number of carbonyl (C=O) groups excluding carboxylic acids is 1. The lowest BCUT2D eigenvalue weighted by atomic mass is 10.1. The maximum atomic E-state index is 13.3. The van der Waals surface area contributed by atoms with Crippen LogP contribution in [0.5, 0.6) is 0 Å². The summed E-state index contributed by atoms with van der Waals surface area (Å²) in [7, 11) is 1.23. The van der Waals surface area contributed by atoms with Gasteiger partial charge in [-0.05, 0) is 29.8 Å². The van der Waals surface area contributed by atoms with Gasteiger partial charge in [0, 0.05) is 11.1 Å². The topological polar surface area (TPSA) is 59.2 Å². The lowest BCUT2D eigenvalue weighted by Gasteiger charge is -2.10. The molecule has 4 nitrogen and oxygen atoms in total. The van der Waals surface area contributed by atoms with Gasteiger partial charge in [0.05, 0.1) is 17.7 Å². The maximum Gasteiger partial charge on any atom is 0.344 e. The number of nitrogens with one attached hydrogen (secondary N) is 1. The number of H-pyrrole nitrogens is 1. The fourth-order valence-electron chi connectivity index (χ4n) is 2.39. The first-order valence-corrected chi connectivity index (χ1v) is 8.19. The van der Waals surface area contributed by atoms with E-state index in [9.17, 15) is 14.0 Å². The number of benzene rings is 2. The molecule has 0 spiro atoms. The van der Waals surface area contributed by atoms with Crippen molar-refractivity contribution in [1.29, 1.82) is 0 Å². The summed E-state index contributed by atoms with van der Waals surface area (Å²) in [5, 5.41) is 0.836. The molecule has 0 amide bonds. The molecule has 0 saturated carbocycles. The molecule has 3 rings (SSSR count). The summed E-state index contributed by atoms with van der Waals surface area (Å²) in [6.45, 7) is 0. The Hall–Kier alpha value is -2.60. The number of thioether (sulfide) groups is 1. The van der Waals surface area contributed by atoms with Crippen LogP contribution >= 0.6 is 11.8 Å². The molecule has 0 aliphatic rings. The monoisotopic (exact) mass is 343 g/mol. The zero-order valence-corrected chi connectivity index (χ0v) is 13.7. The maximum absolute atomic E-state index is 13.3. The minimum Gasteiger partial charge on any atom is -0.465 e. The number of rotatable bonds is 4. The molecule has 0 bridgehead atoms. The normalized spacial score (nSPS) is 10.8. The second-order valence-corrected chi connectivity index (χ2v) is 6.10. The second-order valence-electron chi connectivity index (χ2n) is 5.11. The first-order valence-electron chi connectivity index (χ1n) is 7.20. The molecule has 0 atom stereocenters. The standard InChI is InChI=1S/C18H14FNO3S/c1-23-18(22)15-16(21)13-7-2-3-8-14(13)20-17(15)24-10-11-5-4-6-12(19)9-11/h2-9H,10H2,1H3,(H,20,21). The third-order valence-corrected chi connectivity index (χ3v) is 4.61. The molecule has 6 heteroatoms. The van der Waals surface area contributed by atoms with Crippen LogP contribution in [0.15, 0.2) is 58.4 Å². The van der Waals surface area contributed by atoms with Gasteiger partial charge in [-0.1, -0.05) is 24.3 Å². The number of aromatic nitrogens is 1. The van der Waals surface area contributed by atoms with E-state index in [-0.39, 0.29) is 16.8 Å². The van der Waals surface area contributed by atoms with Crippen LogP contribution in [0, 0.1) is 5.82 Å². The Morgan fingerprint density at radius 1 is 1.21 bits per heavy atom. The van der Waals surface area contributed by atoms with Crippen LogP contribution in [-0.4, -0.2) is 18.1 Å². The van der Waals surface area contributed by atoms with E-state index in [4.69, 9.17) is 4.74 Å². The number of halogens is 1. The fourth-order valence-corrected chi connectivity index (χ4v) is 3.38. The zero-order chi connectivity index (χ0) is 17.1. The average molecular weight is 343 g/mol. The van der Waals surface area contributed by atoms with Crippen LogP contribution in [0.4, 0.5) is 4.39 Å². The summed E-state index contributed by atoms with van der Waals surface area (Å²) in [5.74, 6) is -0.604.